The first kappa shape index (κ1) is 34.0. The average molecular weight is 628 g/mol. The van der Waals surface area contributed by atoms with E-state index in [-0.39, 0.29) is 54.4 Å². The van der Waals surface area contributed by atoms with Crippen molar-refractivity contribution in [2.45, 2.75) is 89.8 Å². The Labute approximate surface area is 265 Å². The molecule has 1 aromatic carbocycles. The Morgan fingerprint density at radius 3 is 2.62 bits per heavy atom. The lowest BCUT2D eigenvalue weighted by Crippen LogP contribution is -2.60. The van der Waals surface area contributed by atoms with Crippen LogP contribution in [-0.2, 0) is 26.2 Å². The van der Waals surface area contributed by atoms with E-state index >= 15 is 0 Å². The van der Waals surface area contributed by atoms with Crippen LogP contribution in [0.25, 0.3) is 0 Å². The minimum atomic E-state index is -0.788. The summed E-state index contributed by atoms with van der Waals surface area (Å²) in [6, 6.07) is 3.16. The van der Waals surface area contributed by atoms with E-state index in [9.17, 15) is 19.2 Å². The number of carbonyl (C=O) groups is 4. The summed E-state index contributed by atoms with van der Waals surface area (Å²) in [6.07, 6.45) is 2.44. The predicted molar refractivity (Wildman–Crippen MR) is 170 cm³/mol. The molecule has 1 aromatic rings. The standard InChI is InChI=1S/C32H49N7O6/c1-7-32-19-11-12-22(40)26(32)45-25-23(13-10-18(24(25)32)17-21(19)35-5)44-30(43)39(6)16-15-36-27(41)20(9-8-14-37-29(33)34)38-28(42)31(2,3)4/h10,13,19-21,26,35H,7-9,11-12,14-17H2,1-6H3,(H,36,41)(H,38,42)(H4,33,34,37)/t19?,20-,21+,26?,32-/m0/s1. The summed E-state index contributed by atoms with van der Waals surface area (Å²) in [4.78, 5) is 57.2. The van der Waals surface area contributed by atoms with Crippen molar-refractivity contribution in [2.75, 3.05) is 33.7 Å². The summed E-state index contributed by atoms with van der Waals surface area (Å²) in [6.45, 7) is 8.02. The van der Waals surface area contributed by atoms with Gasteiger partial charge in [-0.05, 0) is 56.7 Å². The van der Waals surface area contributed by atoms with E-state index in [1.807, 2.05) is 13.1 Å². The molecule has 0 aromatic heterocycles. The SMILES string of the molecule is CC[C@]12c3c4ccc(OC(=O)N(C)CCNC(=O)[C@H](CCCN=C(N)N)NC(=O)C(C)(C)C)c3OC1C(=O)CCC2[C@H](NC)C4. The van der Waals surface area contributed by atoms with Crippen molar-refractivity contribution in [1.29, 1.82) is 0 Å². The molecule has 0 bridgehead atoms. The van der Waals surface area contributed by atoms with Crippen molar-refractivity contribution in [3.8, 4) is 11.5 Å². The third-order valence-electron chi connectivity index (χ3n) is 9.42. The number of ketones is 1. The Kier molecular flexibility index (Phi) is 10.3. The molecule has 4 rings (SSSR count). The number of nitrogens with one attached hydrogen (secondary N) is 3. The van der Waals surface area contributed by atoms with Gasteiger partial charge in [0, 0.05) is 55.5 Å². The second-order valence-electron chi connectivity index (χ2n) is 13.3. The van der Waals surface area contributed by atoms with E-state index in [4.69, 9.17) is 20.9 Å². The highest BCUT2D eigenvalue weighted by Gasteiger charge is 2.62. The van der Waals surface area contributed by atoms with Gasteiger partial charge in [-0.1, -0.05) is 33.8 Å². The van der Waals surface area contributed by atoms with Crippen molar-refractivity contribution in [2.24, 2.45) is 27.8 Å². The average Bonchev–Trinajstić information content (AvgIpc) is 3.36. The van der Waals surface area contributed by atoms with Crippen LogP contribution in [0.15, 0.2) is 17.1 Å². The predicted octanol–water partition coefficient (Wildman–Crippen LogP) is 1.35. The summed E-state index contributed by atoms with van der Waals surface area (Å²) in [5.74, 6) is 0.435. The van der Waals surface area contributed by atoms with Gasteiger partial charge in [0.15, 0.2) is 29.3 Å². The largest absolute Gasteiger partial charge is 0.477 e. The molecular formula is C32H49N7O6. The number of amides is 3. The Hall–Kier alpha value is -3.87. The Morgan fingerprint density at radius 1 is 1.24 bits per heavy atom. The van der Waals surface area contributed by atoms with Gasteiger partial charge in [0.2, 0.25) is 11.8 Å². The number of rotatable bonds is 12. The Bertz CT molecular complexity index is 1340. The van der Waals surface area contributed by atoms with Gasteiger partial charge in [-0.2, -0.15) is 0 Å². The Balaban J connectivity index is 1.40. The maximum Gasteiger partial charge on any atom is 0.415 e. The lowest BCUT2D eigenvalue weighted by Gasteiger charge is -2.50. The first-order chi connectivity index (χ1) is 21.2. The summed E-state index contributed by atoms with van der Waals surface area (Å²) >= 11 is 0. The Morgan fingerprint density at radius 2 is 1.98 bits per heavy atom. The zero-order chi connectivity index (χ0) is 33.1. The minimum Gasteiger partial charge on any atom is -0.477 e. The molecule has 0 spiro atoms. The number of guanidine groups is 1. The lowest BCUT2D eigenvalue weighted by molar-refractivity contribution is -0.134. The fourth-order valence-corrected chi connectivity index (χ4v) is 7.00. The van der Waals surface area contributed by atoms with E-state index in [1.54, 1.807) is 33.9 Å². The smallest absolute Gasteiger partial charge is 0.415 e. The number of hydrogen-bond acceptors (Lipinski definition) is 8. The van der Waals surface area contributed by atoms with E-state index in [0.717, 1.165) is 30.4 Å². The molecule has 1 fully saturated rings. The number of benzene rings is 1. The van der Waals surface area contributed by atoms with Gasteiger partial charge in [-0.15, -0.1) is 0 Å². The molecule has 1 saturated carbocycles. The highest BCUT2D eigenvalue weighted by Crippen LogP contribution is 2.61. The highest BCUT2D eigenvalue weighted by atomic mass is 16.6. The van der Waals surface area contributed by atoms with Crippen molar-refractivity contribution in [1.82, 2.24) is 20.9 Å². The normalized spacial score (nSPS) is 23.7. The van der Waals surface area contributed by atoms with Crippen LogP contribution in [0.5, 0.6) is 11.5 Å². The molecule has 1 aliphatic heterocycles. The van der Waals surface area contributed by atoms with E-state index < -0.39 is 29.1 Å². The molecule has 1 heterocycles. The zero-order valence-corrected chi connectivity index (χ0v) is 27.3. The van der Waals surface area contributed by atoms with Crippen LogP contribution in [-0.4, -0.2) is 86.5 Å². The molecule has 13 nitrogen and oxygen atoms in total. The molecule has 2 aliphatic carbocycles. The molecule has 5 atom stereocenters. The van der Waals surface area contributed by atoms with Gasteiger partial charge in [-0.25, -0.2) is 4.79 Å². The number of ether oxygens (including phenoxy) is 2. The van der Waals surface area contributed by atoms with Gasteiger partial charge in [0.05, 0.1) is 0 Å². The van der Waals surface area contributed by atoms with Crippen molar-refractivity contribution in [3.05, 3.63) is 23.3 Å². The fraction of sp³-hybridized carbons (Fsp3) is 0.656. The quantitative estimate of drug-likeness (QED) is 0.129. The summed E-state index contributed by atoms with van der Waals surface area (Å²) < 4.78 is 12.2. The van der Waals surface area contributed by atoms with E-state index in [1.165, 1.54) is 4.90 Å². The third-order valence-corrected chi connectivity index (χ3v) is 9.42. The number of likely N-dealkylation sites (N-methyl/N-ethyl adjacent to an activating group) is 2. The summed E-state index contributed by atoms with van der Waals surface area (Å²) in [5, 5.41) is 9.08. The number of Topliss-reactive ketones (excluding diaryl/α,β-unsaturated/α-hetero) is 1. The minimum absolute atomic E-state index is 0.0383. The number of nitrogens with two attached hydrogens (primary N) is 2. The number of carbonyl (C=O) groups excluding carboxylic acids is 4. The summed E-state index contributed by atoms with van der Waals surface area (Å²) in [5.41, 5.74) is 11.8. The van der Waals surface area contributed by atoms with Crippen LogP contribution in [0, 0.1) is 11.3 Å². The molecule has 3 amide bonds. The van der Waals surface area contributed by atoms with Crippen LogP contribution in [0.2, 0.25) is 0 Å². The highest BCUT2D eigenvalue weighted by molar-refractivity contribution is 5.90. The summed E-state index contributed by atoms with van der Waals surface area (Å²) in [7, 11) is 3.54. The van der Waals surface area contributed by atoms with Crippen molar-refractivity contribution >= 4 is 29.7 Å². The van der Waals surface area contributed by atoms with Crippen LogP contribution in [0.4, 0.5) is 4.79 Å². The molecule has 0 saturated heterocycles. The van der Waals surface area contributed by atoms with Gasteiger partial charge >= 0.3 is 6.09 Å². The molecular weight excluding hydrogens is 578 g/mol. The fourth-order valence-electron chi connectivity index (χ4n) is 7.00. The number of nitrogens with zero attached hydrogens (tertiary/aromatic N) is 2. The number of aliphatic imine (C=N–C) groups is 1. The van der Waals surface area contributed by atoms with Crippen LogP contribution >= 0.6 is 0 Å². The third kappa shape index (κ3) is 6.87. The van der Waals surface area contributed by atoms with Gasteiger partial charge in [0.25, 0.3) is 0 Å². The van der Waals surface area contributed by atoms with Gasteiger partial charge in [-0.3, -0.25) is 19.4 Å². The zero-order valence-electron chi connectivity index (χ0n) is 27.3. The monoisotopic (exact) mass is 627 g/mol. The topological polar surface area (TPSA) is 190 Å². The molecule has 0 radical (unpaired) electrons. The molecule has 7 N–H and O–H groups in total. The maximum absolute atomic E-state index is 13.2. The van der Waals surface area contributed by atoms with E-state index in [2.05, 4.69) is 27.9 Å². The van der Waals surface area contributed by atoms with Crippen molar-refractivity contribution in [3.63, 3.8) is 0 Å². The van der Waals surface area contributed by atoms with Gasteiger partial charge < -0.3 is 41.8 Å². The van der Waals surface area contributed by atoms with Crippen LogP contribution in [0.3, 0.4) is 0 Å². The lowest BCUT2D eigenvalue weighted by atomic mass is 9.54. The van der Waals surface area contributed by atoms with Crippen molar-refractivity contribution < 1.29 is 28.7 Å². The molecule has 2 unspecified atom stereocenters. The molecule has 13 heteroatoms. The second-order valence-corrected chi connectivity index (χ2v) is 13.3. The van der Waals surface area contributed by atoms with Crippen LogP contribution in [0.1, 0.15) is 70.9 Å². The molecule has 3 aliphatic rings. The number of hydrogen-bond donors (Lipinski definition) is 5. The van der Waals surface area contributed by atoms with E-state index in [0.29, 0.717) is 31.6 Å². The molecule has 45 heavy (non-hydrogen) atoms. The van der Waals surface area contributed by atoms with Gasteiger partial charge in [0.1, 0.15) is 6.04 Å². The van der Waals surface area contributed by atoms with Crippen LogP contribution < -0.4 is 36.9 Å². The first-order valence-electron chi connectivity index (χ1n) is 15.8. The second kappa shape index (κ2) is 13.6. The molecule has 248 valence electrons. The maximum atomic E-state index is 13.2. The first-order valence-corrected chi connectivity index (χ1v) is 15.8.